The first-order valence-corrected chi connectivity index (χ1v) is 13.1. The van der Waals surface area contributed by atoms with Gasteiger partial charge in [0.2, 0.25) is 0 Å². The average Bonchev–Trinajstić information content (AvgIpc) is 3.35. The monoisotopic (exact) mass is 489 g/mol. The molecule has 4 heteroatoms. The van der Waals surface area contributed by atoms with Crippen molar-refractivity contribution in [1.29, 1.82) is 0 Å². The summed E-state index contributed by atoms with van der Waals surface area (Å²) in [6.45, 7) is 0. The second kappa shape index (κ2) is 7.92. The van der Waals surface area contributed by atoms with Crippen LogP contribution in [0.2, 0.25) is 0 Å². The van der Waals surface area contributed by atoms with Crippen LogP contribution in [0.4, 0.5) is 0 Å². The van der Waals surface area contributed by atoms with Gasteiger partial charge in [-0.15, -0.1) is 11.3 Å². The number of rotatable bonds is 1. The number of nitrogens with zero attached hydrogens (tertiary/aromatic N) is 3. The van der Waals surface area contributed by atoms with Gasteiger partial charge >= 0.3 is 0 Å². The number of fused-ring (bicyclic) bond motifs is 11. The number of benzene rings is 3. The van der Waals surface area contributed by atoms with Crippen LogP contribution in [0.1, 0.15) is 0 Å². The minimum atomic E-state index is 0.912. The second-order valence-electron chi connectivity index (χ2n) is 9.25. The zero-order chi connectivity index (χ0) is 24.3. The standard InChI is InChI=1S/C33H19N3S/c1-2-8-23-22(7-1)24-15-14-20(21-9-3-10-27-28-13-6-18-36-33(28)37-32(21)27)19-29(24)26-12-5-17-35-31(26)30-25(23)11-4-16-34-30/h1-19H. The quantitative estimate of drug-likeness (QED) is 0.231. The molecule has 172 valence electrons. The van der Waals surface area contributed by atoms with Crippen molar-refractivity contribution in [2.45, 2.75) is 0 Å². The first-order chi connectivity index (χ1) is 18.4. The van der Waals surface area contributed by atoms with Gasteiger partial charge in [0.05, 0.1) is 11.4 Å². The molecule has 0 bridgehead atoms. The smallest absolute Gasteiger partial charge is 0.124 e. The van der Waals surface area contributed by atoms with Crippen LogP contribution in [0.25, 0.3) is 76.2 Å². The largest absolute Gasteiger partial charge is 0.254 e. The van der Waals surface area contributed by atoms with E-state index in [4.69, 9.17) is 9.97 Å². The fraction of sp³-hybridized carbons (Fsp3) is 0. The van der Waals surface area contributed by atoms with E-state index in [0.717, 1.165) is 27.3 Å². The molecule has 0 saturated heterocycles. The number of hydrogen-bond acceptors (Lipinski definition) is 4. The molecule has 0 saturated carbocycles. The van der Waals surface area contributed by atoms with Crippen LogP contribution in [0.15, 0.2) is 116 Å². The first-order valence-electron chi connectivity index (χ1n) is 12.3. The van der Waals surface area contributed by atoms with Crippen molar-refractivity contribution in [2.75, 3.05) is 0 Å². The van der Waals surface area contributed by atoms with E-state index in [0.29, 0.717) is 0 Å². The minimum Gasteiger partial charge on any atom is -0.254 e. The van der Waals surface area contributed by atoms with E-state index in [9.17, 15) is 0 Å². The van der Waals surface area contributed by atoms with E-state index in [1.807, 2.05) is 36.8 Å². The molecule has 0 N–H and O–H groups in total. The van der Waals surface area contributed by atoms with Crippen molar-refractivity contribution in [3.05, 3.63) is 116 Å². The molecule has 8 rings (SSSR count). The van der Waals surface area contributed by atoms with Crippen molar-refractivity contribution in [3.63, 3.8) is 0 Å². The van der Waals surface area contributed by atoms with E-state index in [-0.39, 0.29) is 0 Å². The molecule has 1 aliphatic rings. The summed E-state index contributed by atoms with van der Waals surface area (Å²) >= 11 is 1.76. The first kappa shape index (κ1) is 20.5. The Labute approximate surface area is 217 Å². The number of aromatic nitrogens is 3. The Kier molecular flexibility index (Phi) is 4.39. The lowest BCUT2D eigenvalue weighted by atomic mass is 9.83. The van der Waals surface area contributed by atoms with Gasteiger partial charge in [0.25, 0.3) is 0 Å². The van der Waals surface area contributed by atoms with Crippen molar-refractivity contribution in [3.8, 4) is 55.9 Å². The van der Waals surface area contributed by atoms with Gasteiger partial charge in [0, 0.05) is 45.2 Å². The lowest BCUT2D eigenvalue weighted by Crippen LogP contribution is -2.00. The maximum absolute atomic E-state index is 4.85. The average molecular weight is 490 g/mol. The zero-order valence-corrected chi connectivity index (χ0v) is 20.5. The summed E-state index contributed by atoms with van der Waals surface area (Å²) in [6.07, 6.45) is 5.59. The molecule has 1 aliphatic carbocycles. The molecule has 0 unspecified atom stereocenters. The molecule has 0 radical (unpaired) electrons. The molecular weight excluding hydrogens is 470 g/mol. The molecule has 4 aromatic heterocycles. The van der Waals surface area contributed by atoms with Gasteiger partial charge in [-0.2, -0.15) is 0 Å². The van der Waals surface area contributed by atoms with Crippen molar-refractivity contribution >= 4 is 31.6 Å². The number of hydrogen-bond donors (Lipinski definition) is 0. The number of pyridine rings is 3. The second-order valence-corrected chi connectivity index (χ2v) is 10.2. The predicted molar refractivity (Wildman–Crippen MR) is 153 cm³/mol. The summed E-state index contributed by atoms with van der Waals surface area (Å²) in [4.78, 5) is 15.4. The molecule has 4 heterocycles. The van der Waals surface area contributed by atoms with Crippen LogP contribution in [0, 0.1) is 0 Å². The highest BCUT2D eigenvalue weighted by Gasteiger charge is 2.24. The van der Waals surface area contributed by atoms with Crippen LogP contribution < -0.4 is 0 Å². The van der Waals surface area contributed by atoms with Crippen LogP contribution >= 0.6 is 11.3 Å². The van der Waals surface area contributed by atoms with Gasteiger partial charge in [-0.05, 0) is 63.7 Å². The fourth-order valence-corrected chi connectivity index (χ4v) is 6.78. The molecule has 37 heavy (non-hydrogen) atoms. The molecule has 0 fully saturated rings. The predicted octanol–water partition coefficient (Wildman–Crippen LogP) is 8.89. The van der Waals surface area contributed by atoms with E-state index in [1.165, 1.54) is 48.9 Å². The normalized spacial score (nSPS) is 11.8. The summed E-state index contributed by atoms with van der Waals surface area (Å²) in [5.41, 5.74) is 11.2. The van der Waals surface area contributed by atoms with Crippen LogP contribution in [-0.4, -0.2) is 15.0 Å². The lowest BCUT2D eigenvalue weighted by Gasteiger charge is -2.22. The Morgan fingerprint density at radius 2 is 1.03 bits per heavy atom. The maximum Gasteiger partial charge on any atom is 0.124 e. The highest BCUT2D eigenvalue weighted by atomic mass is 32.1. The van der Waals surface area contributed by atoms with Crippen LogP contribution in [0.5, 0.6) is 0 Å². The summed E-state index contributed by atoms with van der Waals surface area (Å²) in [6, 6.07) is 34.5. The Hall–Kier alpha value is -4.67. The maximum atomic E-state index is 4.85. The molecular formula is C33H19N3S. The molecule has 7 aromatic rings. The third-order valence-electron chi connectivity index (χ3n) is 7.24. The third-order valence-corrected chi connectivity index (χ3v) is 8.41. The summed E-state index contributed by atoms with van der Waals surface area (Å²) in [7, 11) is 0. The highest BCUT2D eigenvalue weighted by molar-refractivity contribution is 7.26. The van der Waals surface area contributed by atoms with Gasteiger partial charge in [-0.25, -0.2) is 4.98 Å². The Bertz CT molecular complexity index is 2000. The summed E-state index contributed by atoms with van der Waals surface area (Å²) < 4.78 is 1.26. The topological polar surface area (TPSA) is 38.7 Å². The van der Waals surface area contributed by atoms with Gasteiger partial charge in [-0.3, -0.25) is 9.97 Å². The molecule has 3 nitrogen and oxygen atoms in total. The molecule has 0 amide bonds. The Morgan fingerprint density at radius 1 is 0.432 bits per heavy atom. The van der Waals surface area contributed by atoms with Crippen molar-refractivity contribution in [1.82, 2.24) is 15.0 Å². The molecule has 0 spiro atoms. The van der Waals surface area contributed by atoms with E-state index in [1.54, 1.807) is 11.3 Å². The highest BCUT2D eigenvalue weighted by Crippen LogP contribution is 2.48. The molecule has 0 atom stereocenters. The molecule has 0 aliphatic heterocycles. The van der Waals surface area contributed by atoms with Crippen molar-refractivity contribution < 1.29 is 0 Å². The summed E-state index contributed by atoms with van der Waals surface area (Å²) in [5.74, 6) is 0. The summed E-state index contributed by atoms with van der Waals surface area (Å²) in [5, 5.41) is 2.46. The van der Waals surface area contributed by atoms with Gasteiger partial charge in [-0.1, -0.05) is 66.7 Å². The Balaban J connectivity index is 1.45. The van der Waals surface area contributed by atoms with Gasteiger partial charge in [0.15, 0.2) is 0 Å². The zero-order valence-electron chi connectivity index (χ0n) is 19.7. The lowest BCUT2D eigenvalue weighted by molar-refractivity contribution is 1.25. The van der Waals surface area contributed by atoms with Gasteiger partial charge < -0.3 is 0 Å². The van der Waals surface area contributed by atoms with Crippen molar-refractivity contribution in [2.24, 2.45) is 0 Å². The van der Waals surface area contributed by atoms with E-state index < -0.39 is 0 Å². The van der Waals surface area contributed by atoms with E-state index in [2.05, 4.69) is 83.8 Å². The van der Waals surface area contributed by atoms with E-state index >= 15 is 0 Å². The number of thiophene rings is 1. The van der Waals surface area contributed by atoms with Crippen LogP contribution in [-0.2, 0) is 0 Å². The SMILES string of the molecule is c1ccc2c(c1)-c1ccc(-c3cccc4c3sc3ncccc34)cc1-c1cccnc1-c1ncccc1-2. The third kappa shape index (κ3) is 3.03. The Morgan fingerprint density at radius 3 is 1.84 bits per heavy atom. The van der Waals surface area contributed by atoms with Gasteiger partial charge in [0.1, 0.15) is 4.83 Å². The van der Waals surface area contributed by atoms with Crippen LogP contribution in [0.3, 0.4) is 0 Å². The minimum absolute atomic E-state index is 0.912. The fourth-order valence-electron chi connectivity index (χ4n) is 5.61. The molecule has 3 aromatic carbocycles.